The first-order valence-corrected chi connectivity index (χ1v) is 9.54. The lowest BCUT2D eigenvalue weighted by atomic mass is 9.87. The molecule has 0 saturated carbocycles. The van der Waals surface area contributed by atoms with E-state index in [0.717, 1.165) is 29.8 Å². The van der Waals surface area contributed by atoms with E-state index in [1.807, 2.05) is 24.3 Å². The monoisotopic (exact) mass is 364 g/mol. The van der Waals surface area contributed by atoms with Crippen LogP contribution in [-0.2, 0) is 12.8 Å². The van der Waals surface area contributed by atoms with Gasteiger partial charge in [-0.3, -0.25) is 0 Å². The molecule has 0 bridgehead atoms. The predicted molar refractivity (Wildman–Crippen MR) is 119 cm³/mol. The third-order valence-electron chi connectivity index (χ3n) is 5.14. The van der Waals surface area contributed by atoms with E-state index >= 15 is 0 Å². The van der Waals surface area contributed by atoms with Crippen LogP contribution in [0.15, 0.2) is 97.1 Å². The van der Waals surface area contributed by atoms with Crippen molar-refractivity contribution in [2.45, 2.75) is 12.8 Å². The molecule has 0 radical (unpaired) electrons. The normalized spacial score (nSPS) is 10.7. The van der Waals surface area contributed by atoms with E-state index in [1.165, 1.54) is 27.8 Å². The van der Waals surface area contributed by atoms with E-state index in [0.29, 0.717) is 0 Å². The maximum atomic E-state index is 6.47. The van der Waals surface area contributed by atoms with E-state index in [2.05, 4.69) is 72.8 Å². The quantitative estimate of drug-likeness (QED) is 0.446. The lowest BCUT2D eigenvalue weighted by Crippen LogP contribution is -2.05. The lowest BCUT2D eigenvalue weighted by Gasteiger charge is -2.18. The molecule has 0 aliphatic carbocycles. The summed E-state index contributed by atoms with van der Waals surface area (Å²) in [7, 11) is 0. The van der Waals surface area contributed by atoms with Gasteiger partial charge in [-0.1, -0.05) is 78.9 Å². The van der Waals surface area contributed by atoms with Crippen LogP contribution < -0.4 is 11.5 Å². The first kappa shape index (κ1) is 17.9. The van der Waals surface area contributed by atoms with E-state index < -0.39 is 0 Å². The van der Waals surface area contributed by atoms with Crippen molar-refractivity contribution in [2.24, 2.45) is 0 Å². The van der Waals surface area contributed by atoms with Crippen LogP contribution >= 0.6 is 0 Å². The topological polar surface area (TPSA) is 52.0 Å². The molecular weight excluding hydrogens is 340 g/mol. The second kappa shape index (κ2) is 8.01. The summed E-state index contributed by atoms with van der Waals surface area (Å²) in [4.78, 5) is 0. The molecule has 4 aromatic carbocycles. The molecule has 0 unspecified atom stereocenters. The standard InChI is InChI=1S/C26H24N2/c27-22-13-11-21(12-14-22)23-15-16-26(28)25(18-20-9-5-2-6-10-20)24(23)17-19-7-3-1-4-8-19/h1-16H,17-18,27-28H2. The Morgan fingerprint density at radius 1 is 0.500 bits per heavy atom. The minimum absolute atomic E-state index is 0.772. The molecule has 2 heteroatoms. The highest BCUT2D eigenvalue weighted by Crippen LogP contribution is 2.33. The van der Waals surface area contributed by atoms with Crippen LogP contribution in [0.4, 0.5) is 11.4 Å². The fourth-order valence-electron chi connectivity index (χ4n) is 3.65. The van der Waals surface area contributed by atoms with E-state index in [4.69, 9.17) is 11.5 Å². The van der Waals surface area contributed by atoms with Crippen molar-refractivity contribution in [3.63, 3.8) is 0 Å². The average molecular weight is 364 g/mol. The maximum absolute atomic E-state index is 6.47. The zero-order chi connectivity index (χ0) is 19.3. The van der Waals surface area contributed by atoms with Crippen LogP contribution in [0.3, 0.4) is 0 Å². The van der Waals surface area contributed by atoms with Gasteiger partial charge < -0.3 is 11.5 Å². The minimum Gasteiger partial charge on any atom is -0.399 e. The zero-order valence-corrected chi connectivity index (χ0v) is 15.8. The minimum atomic E-state index is 0.772. The van der Waals surface area contributed by atoms with Crippen molar-refractivity contribution in [3.8, 4) is 11.1 Å². The molecular formula is C26H24N2. The van der Waals surface area contributed by atoms with Crippen molar-refractivity contribution >= 4 is 11.4 Å². The second-order valence-electron chi connectivity index (χ2n) is 7.11. The largest absolute Gasteiger partial charge is 0.399 e. The molecule has 0 amide bonds. The van der Waals surface area contributed by atoms with Gasteiger partial charge in [-0.05, 0) is 64.4 Å². The third kappa shape index (κ3) is 3.91. The SMILES string of the molecule is Nc1ccc(-c2ccc(N)c(Cc3ccccc3)c2Cc2ccccc2)cc1. The van der Waals surface area contributed by atoms with Gasteiger partial charge in [-0.2, -0.15) is 0 Å². The summed E-state index contributed by atoms with van der Waals surface area (Å²) in [6.07, 6.45) is 1.66. The Bertz CT molecular complexity index is 1050. The van der Waals surface area contributed by atoms with Gasteiger partial charge in [0.15, 0.2) is 0 Å². The molecule has 0 saturated heterocycles. The van der Waals surface area contributed by atoms with Crippen molar-refractivity contribution in [1.82, 2.24) is 0 Å². The molecule has 2 nitrogen and oxygen atoms in total. The van der Waals surface area contributed by atoms with Crippen LogP contribution in [0.2, 0.25) is 0 Å². The van der Waals surface area contributed by atoms with Crippen molar-refractivity contribution in [2.75, 3.05) is 11.5 Å². The van der Waals surface area contributed by atoms with Crippen LogP contribution in [0, 0.1) is 0 Å². The zero-order valence-electron chi connectivity index (χ0n) is 15.8. The van der Waals surface area contributed by atoms with E-state index in [9.17, 15) is 0 Å². The summed E-state index contributed by atoms with van der Waals surface area (Å²) < 4.78 is 0. The Labute approximate surface area is 166 Å². The second-order valence-corrected chi connectivity index (χ2v) is 7.11. The fraction of sp³-hybridized carbons (Fsp3) is 0.0769. The van der Waals surface area contributed by atoms with Crippen molar-refractivity contribution in [1.29, 1.82) is 0 Å². The number of hydrogen-bond donors (Lipinski definition) is 2. The molecule has 0 atom stereocenters. The highest BCUT2D eigenvalue weighted by molar-refractivity contribution is 5.74. The first-order valence-electron chi connectivity index (χ1n) is 9.54. The molecule has 0 aliphatic heterocycles. The summed E-state index contributed by atoms with van der Waals surface area (Å²) in [6, 6.07) is 33.3. The Balaban J connectivity index is 1.85. The number of anilines is 2. The van der Waals surface area contributed by atoms with Crippen molar-refractivity contribution < 1.29 is 0 Å². The Kier molecular flexibility index (Phi) is 5.11. The molecule has 4 rings (SSSR count). The summed E-state index contributed by atoms with van der Waals surface area (Å²) in [5, 5.41) is 0. The Morgan fingerprint density at radius 2 is 1.04 bits per heavy atom. The Hall–Kier alpha value is -3.52. The highest BCUT2D eigenvalue weighted by Gasteiger charge is 2.15. The molecule has 4 N–H and O–H groups in total. The molecule has 0 heterocycles. The van der Waals surface area contributed by atoms with Gasteiger partial charge in [0.2, 0.25) is 0 Å². The highest BCUT2D eigenvalue weighted by atomic mass is 14.6. The fourth-order valence-corrected chi connectivity index (χ4v) is 3.65. The van der Waals surface area contributed by atoms with E-state index in [-0.39, 0.29) is 0 Å². The number of nitrogen functional groups attached to an aromatic ring is 2. The van der Waals surface area contributed by atoms with Gasteiger partial charge in [0.25, 0.3) is 0 Å². The van der Waals surface area contributed by atoms with E-state index in [1.54, 1.807) is 0 Å². The molecule has 4 aromatic rings. The van der Waals surface area contributed by atoms with Gasteiger partial charge in [0, 0.05) is 11.4 Å². The molecule has 138 valence electrons. The van der Waals surface area contributed by atoms with Gasteiger partial charge in [-0.25, -0.2) is 0 Å². The van der Waals surface area contributed by atoms with Gasteiger partial charge >= 0.3 is 0 Å². The predicted octanol–water partition coefficient (Wildman–Crippen LogP) is 5.70. The number of benzene rings is 4. The van der Waals surface area contributed by atoms with Crippen LogP contribution in [0.25, 0.3) is 11.1 Å². The van der Waals surface area contributed by atoms with Crippen LogP contribution in [0.1, 0.15) is 22.3 Å². The summed E-state index contributed by atoms with van der Waals surface area (Å²) in [6.45, 7) is 0. The van der Waals surface area contributed by atoms with Crippen LogP contribution in [0.5, 0.6) is 0 Å². The Morgan fingerprint density at radius 3 is 1.61 bits per heavy atom. The third-order valence-corrected chi connectivity index (χ3v) is 5.14. The molecule has 0 fully saturated rings. The molecule has 0 aliphatic rings. The summed E-state index contributed by atoms with van der Waals surface area (Å²) >= 11 is 0. The number of rotatable bonds is 5. The summed E-state index contributed by atoms with van der Waals surface area (Å²) in [5.74, 6) is 0. The molecule has 28 heavy (non-hydrogen) atoms. The van der Waals surface area contributed by atoms with Gasteiger partial charge in [0.1, 0.15) is 0 Å². The molecule has 0 spiro atoms. The molecule has 0 aromatic heterocycles. The smallest absolute Gasteiger partial charge is 0.0353 e. The van der Waals surface area contributed by atoms with Gasteiger partial charge in [0.05, 0.1) is 0 Å². The lowest BCUT2D eigenvalue weighted by molar-refractivity contribution is 1.10. The van der Waals surface area contributed by atoms with Crippen LogP contribution in [-0.4, -0.2) is 0 Å². The summed E-state index contributed by atoms with van der Waals surface area (Å²) in [5.41, 5.74) is 21.4. The number of hydrogen-bond acceptors (Lipinski definition) is 2. The van der Waals surface area contributed by atoms with Crippen molar-refractivity contribution in [3.05, 3.63) is 119 Å². The number of nitrogens with two attached hydrogens (primary N) is 2. The average Bonchev–Trinajstić information content (AvgIpc) is 2.73. The first-order chi connectivity index (χ1) is 13.7. The van der Waals surface area contributed by atoms with Gasteiger partial charge in [-0.15, -0.1) is 0 Å². The maximum Gasteiger partial charge on any atom is 0.0353 e.